The third kappa shape index (κ3) is 4.51. The summed E-state index contributed by atoms with van der Waals surface area (Å²) in [7, 11) is 0. The van der Waals surface area contributed by atoms with Crippen molar-refractivity contribution in [3.63, 3.8) is 0 Å². The number of morpholine rings is 1. The number of nitrogens with one attached hydrogen (secondary N) is 2. The Balaban J connectivity index is 1.92. The fourth-order valence-corrected chi connectivity index (χ4v) is 1.98. The van der Waals surface area contributed by atoms with Gasteiger partial charge in [0, 0.05) is 18.8 Å². The fourth-order valence-electron chi connectivity index (χ4n) is 1.98. The van der Waals surface area contributed by atoms with Crippen LogP contribution >= 0.6 is 0 Å². The van der Waals surface area contributed by atoms with Gasteiger partial charge in [-0.25, -0.2) is 4.79 Å². The van der Waals surface area contributed by atoms with Gasteiger partial charge in [-0.15, -0.1) is 0 Å². The molecule has 1 aromatic carbocycles. The number of amides is 1. The third-order valence-corrected chi connectivity index (χ3v) is 2.86. The molecule has 1 amide bonds. The van der Waals surface area contributed by atoms with Gasteiger partial charge in [0.2, 0.25) is 0 Å². The summed E-state index contributed by atoms with van der Waals surface area (Å²) in [4.78, 5) is 11.6. The largest absolute Gasteiger partial charge is 0.444 e. The van der Waals surface area contributed by atoms with E-state index in [9.17, 15) is 4.79 Å². The van der Waals surface area contributed by atoms with E-state index in [0.717, 1.165) is 25.3 Å². The first-order chi connectivity index (χ1) is 9.44. The Kier molecular flexibility index (Phi) is 4.62. The van der Waals surface area contributed by atoms with Crippen LogP contribution < -0.4 is 10.6 Å². The molecule has 1 aromatic rings. The minimum Gasteiger partial charge on any atom is -0.444 e. The van der Waals surface area contributed by atoms with E-state index in [1.807, 2.05) is 45.0 Å². The molecular weight excluding hydrogens is 256 g/mol. The molecule has 1 aliphatic heterocycles. The summed E-state index contributed by atoms with van der Waals surface area (Å²) >= 11 is 0. The maximum absolute atomic E-state index is 11.6. The molecule has 0 bridgehead atoms. The van der Waals surface area contributed by atoms with Crippen molar-refractivity contribution in [3.8, 4) is 0 Å². The zero-order valence-corrected chi connectivity index (χ0v) is 12.2. The molecule has 0 spiro atoms. The summed E-state index contributed by atoms with van der Waals surface area (Å²) in [6, 6.07) is 7.64. The van der Waals surface area contributed by atoms with Gasteiger partial charge in [-0.2, -0.15) is 0 Å². The lowest BCUT2D eigenvalue weighted by molar-refractivity contribution is 0.0277. The molecule has 2 N–H and O–H groups in total. The van der Waals surface area contributed by atoms with E-state index in [4.69, 9.17) is 9.47 Å². The zero-order valence-electron chi connectivity index (χ0n) is 12.2. The van der Waals surface area contributed by atoms with E-state index in [1.165, 1.54) is 0 Å². The topological polar surface area (TPSA) is 59.6 Å². The molecule has 20 heavy (non-hydrogen) atoms. The Hall–Kier alpha value is -1.59. The molecule has 1 saturated heterocycles. The van der Waals surface area contributed by atoms with Crippen LogP contribution in [0.4, 0.5) is 10.5 Å². The second kappa shape index (κ2) is 6.24. The van der Waals surface area contributed by atoms with Crippen molar-refractivity contribution in [1.82, 2.24) is 5.32 Å². The Morgan fingerprint density at radius 1 is 1.35 bits per heavy atom. The van der Waals surface area contributed by atoms with Gasteiger partial charge in [-0.05, 0) is 38.5 Å². The number of benzene rings is 1. The van der Waals surface area contributed by atoms with Crippen molar-refractivity contribution in [2.45, 2.75) is 32.5 Å². The van der Waals surface area contributed by atoms with Crippen LogP contribution in [0.1, 0.15) is 32.4 Å². The highest BCUT2D eigenvalue weighted by Gasteiger charge is 2.17. The van der Waals surface area contributed by atoms with Crippen LogP contribution in [0.3, 0.4) is 0 Å². The molecule has 0 radical (unpaired) electrons. The first-order valence-electron chi connectivity index (χ1n) is 6.86. The van der Waals surface area contributed by atoms with Gasteiger partial charge in [0.15, 0.2) is 0 Å². The SMILES string of the molecule is CC(C)(C)OC(=O)Nc1ccc(C2CNCCO2)cc1. The Morgan fingerprint density at radius 3 is 2.60 bits per heavy atom. The third-order valence-electron chi connectivity index (χ3n) is 2.86. The van der Waals surface area contributed by atoms with Crippen molar-refractivity contribution < 1.29 is 14.3 Å². The van der Waals surface area contributed by atoms with E-state index in [-0.39, 0.29) is 6.10 Å². The van der Waals surface area contributed by atoms with Gasteiger partial charge in [0.05, 0.1) is 12.7 Å². The van der Waals surface area contributed by atoms with Crippen molar-refractivity contribution in [1.29, 1.82) is 0 Å². The normalized spacial score (nSPS) is 19.4. The molecule has 0 aromatic heterocycles. The maximum Gasteiger partial charge on any atom is 0.412 e. The molecule has 0 saturated carbocycles. The lowest BCUT2D eigenvalue weighted by Gasteiger charge is -2.24. The van der Waals surface area contributed by atoms with Gasteiger partial charge < -0.3 is 14.8 Å². The molecule has 5 heteroatoms. The van der Waals surface area contributed by atoms with Gasteiger partial charge in [0.25, 0.3) is 0 Å². The second-order valence-electron chi connectivity index (χ2n) is 5.81. The smallest absolute Gasteiger partial charge is 0.412 e. The van der Waals surface area contributed by atoms with Gasteiger partial charge in [-0.1, -0.05) is 12.1 Å². The molecule has 5 nitrogen and oxygen atoms in total. The number of hydrogen-bond donors (Lipinski definition) is 2. The van der Waals surface area contributed by atoms with Crippen molar-refractivity contribution >= 4 is 11.8 Å². The summed E-state index contributed by atoms with van der Waals surface area (Å²) in [5, 5.41) is 6.00. The molecular formula is C15H22N2O3. The van der Waals surface area contributed by atoms with Crippen LogP contribution in [0.5, 0.6) is 0 Å². The van der Waals surface area contributed by atoms with Crippen LogP contribution in [0.15, 0.2) is 24.3 Å². The summed E-state index contributed by atoms with van der Waals surface area (Å²) in [5.41, 5.74) is 1.32. The van der Waals surface area contributed by atoms with Crippen molar-refractivity contribution in [3.05, 3.63) is 29.8 Å². The summed E-state index contributed by atoms with van der Waals surface area (Å²) in [6.07, 6.45) is -0.361. The first-order valence-corrected chi connectivity index (χ1v) is 6.86. The number of anilines is 1. The Morgan fingerprint density at radius 2 is 2.05 bits per heavy atom. The van der Waals surface area contributed by atoms with E-state index in [1.54, 1.807) is 0 Å². The predicted molar refractivity (Wildman–Crippen MR) is 77.9 cm³/mol. The second-order valence-corrected chi connectivity index (χ2v) is 5.81. The van der Waals surface area contributed by atoms with E-state index < -0.39 is 11.7 Å². The zero-order chi connectivity index (χ0) is 14.6. The van der Waals surface area contributed by atoms with Gasteiger partial charge >= 0.3 is 6.09 Å². The van der Waals surface area contributed by atoms with Gasteiger partial charge in [0.1, 0.15) is 5.60 Å². The average molecular weight is 278 g/mol. The van der Waals surface area contributed by atoms with Gasteiger partial charge in [-0.3, -0.25) is 5.32 Å². The minimum atomic E-state index is -0.494. The fraction of sp³-hybridized carbons (Fsp3) is 0.533. The van der Waals surface area contributed by atoms with Crippen LogP contribution in [-0.4, -0.2) is 31.4 Å². The number of carbonyl (C=O) groups excluding carboxylic acids is 1. The summed E-state index contributed by atoms with van der Waals surface area (Å²) < 4.78 is 10.9. The van der Waals surface area contributed by atoms with Crippen LogP contribution in [-0.2, 0) is 9.47 Å². The van der Waals surface area contributed by atoms with Crippen LogP contribution in [0, 0.1) is 0 Å². The number of ether oxygens (including phenoxy) is 2. The Bertz CT molecular complexity index is 445. The monoisotopic (exact) mass is 278 g/mol. The molecule has 110 valence electrons. The molecule has 1 heterocycles. The lowest BCUT2D eigenvalue weighted by atomic mass is 10.1. The molecule has 1 atom stereocenters. The highest BCUT2D eigenvalue weighted by atomic mass is 16.6. The van der Waals surface area contributed by atoms with E-state index in [0.29, 0.717) is 5.69 Å². The summed E-state index contributed by atoms with van der Waals surface area (Å²) in [5.74, 6) is 0. The quantitative estimate of drug-likeness (QED) is 0.873. The van der Waals surface area contributed by atoms with E-state index in [2.05, 4.69) is 10.6 Å². The minimum absolute atomic E-state index is 0.0827. The van der Waals surface area contributed by atoms with Crippen LogP contribution in [0.2, 0.25) is 0 Å². The Labute approximate surface area is 119 Å². The lowest BCUT2D eigenvalue weighted by Crippen LogP contribution is -2.33. The van der Waals surface area contributed by atoms with Crippen molar-refractivity contribution in [2.24, 2.45) is 0 Å². The maximum atomic E-state index is 11.6. The number of rotatable bonds is 2. The summed E-state index contributed by atoms with van der Waals surface area (Å²) in [6.45, 7) is 7.95. The molecule has 2 rings (SSSR count). The number of carbonyl (C=O) groups is 1. The molecule has 1 fully saturated rings. The van der Waals surface area contributed by atoms with E-state index >= 15 is 0 Å². The highest BCUT2D eigenvalue weighted by Crippen LogP contribution is 2.21. The number of hydrogen-bond acceptors (Lipinski definition) is 4. The molecule has 1 unspecified atom stereocenters. The highest BCUT2D eigenvalue weighted by molar-refractivity contribution is 5.84. The average Bonchev–Trinajstić information content (AvgIpc) is 2.38. The van der Waals surface area contributed by atoms with Crippen LogP contribution in [0.25, 0.3) is 0 Å². The predicted octanol–water partition coefficient (Wildman–Crippen LogP) is 2.69. The first kappa shape index (κ1) is 14.8. The molecule has 1 aliphatic rings. The molecule has 0 aliphatic carbocycles. The van der Waals surface area contributed by atoms with Crippen molar-refractivity contribution in [2.75, 3.05) is 25.0 Å². The standard InChI is InChI=1S/C15H22N2O3/c1-15(2,3)20-14(18)17-12-6-4-11(5-7-12)13-10-16-8-9-19-13/h4-7,13,16H,8-10H2,1-3H3,(H,17,18).